The van der Waals surface area contributed by atoms with Crippen LogP contribution in [0.3, 0.4) is 0 Å². The zero-order chi connectivity index (χ0) is 12.5. The monoisotopic (exact) mass is 242 g/mol. The number of nitrogens with zero attached hydrogens (tertiary/aromatic N) is 2. The summed E-state index contributed by atoms with van der Waals surface area (Å²) in [7, 11) is 0. The molecule has 0 atom stereocenters. The van der Waals surface area contributed by atoms with Crippen LogP contribution in [0.15, 0.2) is 0 Å². The number of hydrogen-bond acceptors (Lipinski definition) is 4. The van der Waals surface area contributed by atoms with E-state index >= 15 is 0 Å². The average Bonchev–Trinajstić information content (AvgIpc) is 2.27. The van der Waals surface area contributed by atoms with Crippen molar-refractivity contribution in [3.63, 3.8) is 0 Å². The van der Waals surface area contributed by atoms with Gasteiger partial charge in [-0.25, -0.2) is 0 Å². The van der Waals surface area contributed by atoms with Crippen LogP contribution in [0.4, 0.5) is 0 Å². The predicted molar refractivity (Wildman–Crippen MR) is 55.1 cm³/mol. The van der Waals surface area contributed by atoms with E-state index in [1.165, 1.54) is 4.90 Å². The largest absolute Gasteiger partial charge is 0.480 e. The van der Waals surface area contributed by atoms with Crippen LogP contribution in [-0.4, -0.2) is 72.6 Å². The van der Waals surface area contributed by atoms with Gasteiger partial charge in [-0.2, -0.15) is 0 Å². The summed E-state index contributed by atoms with van der Waals surface area (Å²) in [6, 6.07) is 0. The smallest absolute Gasteiger partial charge is 0.324 e. The molecule has 0 bridgehead atoms. The molecule has 94 valence electrons. The van der Waals surface area contributed by atoms with Crippen molar-refractivity contribution in [3.05, 3.63) is 0 Å². The van der Waals surface area contributed by atoms with E-state index in [4.69, 9.17) is 9.84 Å². The number of amides is 2. The molecule has 2 fully saturated rings. The molecule has 7 heteroatoms. The van der Waals surface area contributed by atoms with E-state index in [1.54, 1.807) is 4.90 Å². The Balaban J connectivity index is 2.01. The third kappa shape index (κ3) is 1.86. The molecule has 0 aromatic rings. The number of piperazine rings is 1. The fourth-order valence-electron chi connectivity index (χ4n) is 1.98. The third-order valence-electron chi connectivity index (χ3n) is 3.27. The number of carbonyl (C=O) groups is 3. The van der Waals surface area contributed by atoms with Crippen molar-refractivity contribution < 1.29 is 24.2 Å². The van der Waals surface area contributed by atoms with Crippen LogP contribution >= 0.6 is 0 Å². The highest BCUT2D eigenvalue weighted by molar-refractivity contribution is 6.03. The summed E-state index contributed by atoms with van der Waals surface area (Å²) in [5.41, 5.74) is -1.40. The molecule has 1 N–H and O–H groups in total. The zero-order valence-corrected chi connectivity index (χ0v) is 9.29. The van der Waals surface area contributed by atoms with Gasteiger partial charge in [-0.1, -0.05) is 0 Å². The maximum Gasteiger partial charge on any atom is 0.324 e. The fraction of sp³-hybridized carbons (Fsp3) is 0.700. The molecule has 2 aliphatic heterocycles. The molecule has 0 radical (unpaired) electrons. The average molecular weight is 242 g/mol. The molecule has 17 heavy (non-hydrogen) atoms. The van der Waals surface area contributed by atoms with E-state index in [1.807, 2.05) is 0 Å². The van der Waals surface area contributed by atoms with Gasteiger partial charge in [0.05, 0.1) is 13.2 Å². The van der Waals surface area contributed by atoms with E-state index in [0.29, 0.717) is 26.2 Å². The van der Waals surface area contributed by atoms with E-state index in [0.717, 1.165) is 6.41 Å². The number of rotatable bonds is 3. The van der Waals surface area contributed by atoms with Crippen molar-refractivity contribution >= 4 is 18.3 Å². The Morgan fingerprint density at radius 3 is 2.12 bits per heavy atom. The molecule has 0 unspecified atom stereocenters. The summed E-state index contributed by atoms with van der Waals surface area (Å²) in [5, 5.41) is 9.09. The highest BCUT2D eigenvalue weighted by Crippen LogP contribution is 2.30. The minimum Gasteiger partial charge on any atom is -0.480 e. The highest BCUT2D eigenvalue weighted by Gasteiger charge is 2.55. The standard InChI is InChI=1S/C10H14N2O5/c13-7-11-1-3-12(4-2-11)8(14)10(9(15)16)5-17-6-10/h7H,1-6H2,(H,15,16). The van der Waals surface area contributed by atoms with Crippen molar-refractivity contribution in [2.24, 2.45) is 5.41 Å². The molecule has 2 aliphatic rings. The molecular weight excluding hydrogens is 228 g/mol. The van der Waals surface area contributed by atoms with Crippen LogP contribution in [0, 0.1) is 5.41 Å². The summed E-state index contributed by atoms with van der Waals surface area (Å²) < 4.78 is 4.86. The van der Waals surface area contributed by atoms with Crippen molar-refractivity contribution in [1.29, 1.82) is 0 Å². The number of ether oxygens (including phenoxy) is 1. The van der Waals surface area contributed by atoms with Gasteiger partial charge in [-0.15, -0.1) is 0 Å². The first kappa shape index (κ1) is 11.8. The number of hydrogen-bond donors (Lipinski definition) is 1. The van der Waals surface area contributed by atoms with Crippen LogP contribution in [0.25, 0.3) is 0 Å². The zero-order valence-electron chi connectivity index (χ0n) is 9.29. The Kier molecular flexibility index (Phi) is 3.01. The van der Waals surface area contributed by atoms with Crippen molar-refractivity contribution in [2.75, 3.05) is 39.4 Å². The molecule has 2 amide bonds. The molecule has 0 spiro atoms. The van der Waals surface area contributed by atoms with Crippen LogP contribution in [0.5, 0.6) is 0 Å². The van der Waals surface area contributed by atoms with E-state index in [9.17, 15) is 14.4 Å². The fourth-order valence-corrected chi connectivity index (χ4v) is 1.98. The van der Waals surface area contributed by atoms with Crippen molar-refractivity contribution in [3.8, 4) is 0 Å². The lowest BCUT2D eigenvalue weighted by Crippen LogP contribution is -2.62. The van der Waals surface area contributed by atoms with Gasteiger partial charge < -0.3 is 19.6 Å². The lowest BCUT2D eigenvalue weighted by molar-refractivity contribution is -0.192. The first-order valence-corrected chi connectivity index (χ1v) is 5.40. The molecule has 0 aliphatic carbocycles. The predicted octanol–water partition coefficient (Wildman–Crippen LogP) is -1.61. The van der Waals surface area contributed by atoms with Gasteiger partial charge >= 0.3 is 5.97 Å². The van der Waals surface area contributed by atoms with Gasteiger partial charge in [0.15, 0.2) is 5.41 Å². The first-order chi connectivity index (χ1) is 8.10. The van der Waals surface area contributed by atoms with E-state index in [2.05, 4.69) is 0 Å². The lowest BCUT2D eigenvalue weighted by Gasteiger charge is -2.42. The van der Waals surface area contributed by atoms with Crippen LogP contribution in [-0.2, 0) is 19.1 Å². The van der Waals surface area contributed by atoms with Crippen LogP contribution in [0.1, 0.15) is 0 Å². The van der Waals surface area contributed by atoms with Crippen molar-refractivity contribution in [2.45, 2.75) is 0 Å². The van der Waals surface area contributed by atoms with Gasteiger partial charge in [0, 0.05) is 26.2 Å². The Morgan fingerprint density at radius 2 is 1.76 bits per heavy atom. The molecule has 2 rings (SSSR count). The molecule has 7 nitrogen and oxygen atoms in total. The Bertz CT molecular complexity index is 345. The first-order valence-electron chi connectivity index (χ1n) is 5.40. The number of aliphatic carboxylic acids is 1. The topological polar surface area (TPSA) is 87.2 Å². The number of carboxylic acid groups (broad SMARTS) is 1. The van der Waals surface area contributed by atoms with Gasteiger partial charge in [0.1, 0.15) is 0 Å². The Hall–Kier alpha value is -1.63. The summed E-state index contributed by atoms with van der Waals surface area (Å²) in [5.74, 6) is -1.53. The van der Waals surface area contributed by atoms with Crippen LogP contribution in [0.2, 0.25) is 0 Å². The number of carbonyl (C=O) groups excluding carboxylic acids is 2. The SMILES string of the molecule is O=CN1CCN(C(=O)C2(C(=O)O)COC2)CC1. The summed E-state index contributed by atoms with van der Waals surface area (Å²) >= 11 is 0. The molecule has 0 saturated carbocycles. The Morgan fingerprint density at radius 1 is 1.18 bits per heavy atom. The Labute approximate surface area is 97.9 Å². The third-order valence-corrected chi connectivity index (χ3v) is 3.27. The maximum absolute atomic E-state index is 12.1. The quantitative estimate of drug-likeness (QED) is 0.475. The normalized spacial score (nSPS) is 22.8. The van der Waals surface area contributed by atoms with E-state index in [-0.39, 0.29) is 13.2 Å². The molecule has 0 aromatic carbocycles. The van der Waals surface area contributed by atoms with Crippen molar-refractivity contribution in [1.82, 2.24) is 9.80 Å². The minimum absolute atomic E-state index is 0.0605. The summed E-state index contributed by atoms with van der Waals surface area (Å²) in [4.78, 5) is 36.8. The second-order valence-corrected chi connectivity index (χ2v) is 4.31. The number of carboxylic acids is 1. The van der Waals surface area contributed by atoms with Gasteiger partial charge in [-0.05, 0) is 0 Å². The van der Waals surface area contributed by atoms with E-state index < -0.39 is 17.3 Å². The maximum atomic E-state index is 12.1. The highest BCUT2D eigenvalue weighted by atomic mass is 16.5. The summed E-state index contributed by atoms with van der Waals surface area (Å²) in [6.45, 7) is 1.54. The lowest BCUT2D eigenvalue weighted by atomic mass is 9.84. The van der Waals surface area contributed by atoms with Gasteiger partial charge in [0.2, 0.25) is 12.3 Å². The molecule has 2 saturated heterocycles. The summed E-state index contributed by atoms with van der Waals surface area (Å²) in [6.07, 6.45) is 0.737. The molecular formula is C10H14N2O5. The second kappa shape index (κ2) is 4.33. The molecule has 2 heterocycles. The van der Waals surface area contributed by atoms with Gasteiger partial charge in [0.25, 0.3) is 0 Å². The van der Waals surface area contributed by atoms with Gasteiger partial charge in [-0.3, -0.25) is 14.4 Å². The molecule has 0 aromatic heterocycles. The van der Waals surface area contributed by atoms with Crippen LogP contribution < -0.4 is 0 Å². The second-order valence-electron chi connectivity index (χ2n) is 4.31. The minimum atomic E-state index is -1.40.